The molecule has 2 aromatic rings. The lowest BCUT2D eigenvalue weighted by atomic mass is 10.1. The van der Waals surface area contributed by atoms with Crippen molar-refractivity contribution in [2.75, 3.05) is 18.8 Å². The number of amides is 2. The van der Waals surface area contributed by atoms with Gasteiger partial charge in [0, 0.05) is 24.4 Å². The smallest absolute Gasteiger partial charge is 0.230 e. The molecule has 4 nitrogen and oxygen atoms in total. The van der Waals surface area contributed by atoms with Crippen LogP contribution in [0.2, 0.25) is 0 Å². The predicted molar refractivity (Wildman–Crippen MR) is 100 cm³/mol. The molecule has 3 rings (SSSR count). The van der Waals surface area contributed by atoms with E-state index in [1.54, 1.807) is 0 Å². The maximum Gasteiger partial charge on any atom is 0.230 e. The van der Waals surface area contributed by atoms with E-state index in [9.17, 15) is 9.59 Å². The third kappa shape index (κ3) is 5.36. The number of hydrogen-bond donors (Lipinski definition) is 1. The molecule has 0 spiro atoms. The molecule has 130 valence electrons. The van der Waals surface area contributed by atoms with E-state index in [0.717, 1.165) is 11.3 Å². The minimum absolute atomic E-state index is 0.0171. The fourth-order valence-electron chi connectivity index (χ4n) is 2.93. The van der Waals surface area contributed by atoms with Crippen LogP contribution < -0.4 is 5.32 Å². The Bertz CT molecular complexity index is 706. The lowest BCUT2D eigenvalue weighted by Crippen LogP contribution is -2.38. The molecule has 1 aliphatic rings. The van der Waals surface area contributed by atoms with E-state index in [4.69, 9.17) is 0 Å². The number of carbonyl (C=O) groups excluding carboxylic acids is 2. The second kappa shape index (κ2) is 8.72. The average Bonchev–Trinajstić information content (AvgIpc) is 2.99. The number of nitrogens with one attached hydrogen (secondary N) is 1. The Morgan fingerprint density at radius 2 is 1.76 bits per heavy atom. The molecule has 1 atom stereocenters. The normalized spacial score (nSPS) is 16.9. The van der Waals surface area contributed by atoms with Crippen molar-refractivity contribution in [2.24, 2.45) is 0 Å². The third-order valence-corrected chi connectivity index (χ3v) is 5.22. The summed E-state index contributed by atoms with van der Waals surface area (Å²) in [6.45, 7) is 1.31. The van der Waals surface area contributed by atoms with Crippen molar-refractivity contribution in [3.63, 3.8) is 0 Å². The van der Waals surface area contributed by atoms with E-state index < -0.39 is 0 Å². The number of thioether (sulfide) groups is 1. The highest BCUT2D eigenvalue weighted by molar-refractivity contribution is 8.00. The summed E-state index contributed by atoms with van der Waals surface area (Å²) in [5.74, 6) is 0.479. The number of likely N-dealkylation sites (tertiary alicyclic amines) is 1. The topological polar surface area (TPSA) is 49.4 Å². The van der Waals surface area contributed by atoms with Gasteiger partial charge in [-0.3, -0.25) is 9.59 Å². The SMILES string of the molecule is O=C(CSc1ccccc1)NC1CC(=O)N(CCc2ccccc2)C1. The van der Waals surface area contributed by atoms with Gasteiger partial charge in [-0.05, 0) is 24.1 Å². The van der Waals surface area contributed by atoms with Gasteiger partial charge in [0.2, 0.25) is 11.8 Å². The molecule has 25 heavy (non-hydrogen) atoms. The molecule has 1 aliphatic heterocycles. The molecular formula is C20H22N2O2S. The standard InChI is InChI=1S/C20H22N2O2S/c23-19(15-25-18-9-5-2-6-10-18)21-17-13-20(24)22(14-17)12-11-16-7-3-1-4-8-16/h1-10,17H,11-15H2,(H,21,23). The zero-order valence-corrected chi connectivity index (χ0v) is 14.9. The Morgan fingerprint density at radius 3 is 2.48 bits per heavy atom. The summed E-state index contributed by atoms with van der Waals surface area (Å²) < 4.78 is 0. The van der Waals surface area contributed by atoms with Gasteiger partial charge in [-0.25, -0.2) is 0 Å². The summed E-state index contributed by atoms with van der Waals surface area (Å²) in [6.07, 6.45) is 1.24. The van der Waals surface area contributed by atoms with Crippen LogP contribution in [-0.4, -0.2) is 41.6 Å². The van der Waals surface area contributed by atoms with Crippen LogP contribution in [0.5, 0.6) is 0 Å². The van der Waals surface area contributed by atoms with Gasteiger partial charge in [0.15, 0.2) is 0 Å². The lowest BCUT2D eigenvalue weighted by molar-refractivity contribution is -0.127. The van der Waals surface area contributed by atoms with E-state index in [0.29, 0.717) is 25.3 Å². The fraction of sp³-hybridized carbons (Fsp3) is 0.300. The zero-order valence-electron chi connectivity index (χ0n) is 14.1. The molecule has 2 aromatic carbocycles. The quantitative estimate of drug-likeness (QED) is 0.778. The van der Waals surface area contributed by atoms with Crippen LogP contribution in [0.4, 0.5) is 0 Å². The first kappa shape index (κ1) is 17.5. The molecule has 0 aliphatic carbocycles. The highest BCUT2D eigenvalue weighted by Gasteiger charge is 2.30. The third-order valence-electron chi connectivity index (χ3n) is 4.21. The molecule has 1 fully saturated rings. The second-order valence-electron chi connectivity index (χ2n) is 6.15. The maximum atomic E-state index is 12.1. The minimum atomic E-state index is -0.0767. The van der Waals surface area contributed by atoms with Crippen LogP contribution in [0.1, 0.15) is 12.0 Å². The fourth-order valence-corrected chi connectivity index (χ4v) is 3.66. The molecular weight excluding hydrogens is 332 g/mol. The van der Waals surface area contributed by atoms with Gasteiger partial charge in [-0.1, -0.05) is 48.5 Å². The van der Waals surface area contributed by atoms with Crippen LogP contribution in [0.25, 0.3) is 0 Å². The molecule has 1 heterocycles. The molecule has 0 aromatic heterocycles. The molecule has 0 radical (unpaired) electrons. The van der Waals surface area contributed by atoms with Crippen LogP contribution in [-0.2, 0) is 16.0 Å². The largest absolute Gasteiger partial charge is 0.350 e. The zero-order chi connectivity index (χ0) is 17.5. The Hall–Kier alpha value is -2.27. The summed E-state index contributed by atoms with van der Waals surface area (Å²) in [6, 6.07) is 19.9. The van der Waals surface area contributed by atoms with Gasteiger partial charge >= 0.3 is 0 Å². The Kier molecular flexibility index (Phi) is 6.12. The summed E-state index contributed by atoms with van der Waals surface area (Å²) in [7, 11) is 0. The number of rotatable bonds is 7. The molecule has 1 unspecified atom stereocenters. The summed E-state index contributed by atoms with van der Waals surface area (Å²) in [5, 5.41) is 2.99. The molecule has 1 N–H and O–H groups in total. The molecule has 2 amide bonds. The Morgan fingerprint density at radius 1 is 1.08 bits per heavy atom. The van der Waals surface area contributed by atoms with E-state index in [2.05, 4.69) is 17.4 Å². The monoisotopic (exact) mass is 354 g/mol. The molecule has 0 bridgehead atoms. The van der Waals surface area contributed by atoms with Crippen LogP contribution in [0.15, 0.2) is 65.6 Å². The van der Waals surface area contributed by atoms with Gasteiger partial charge in [-0.15, -0.1) is 11.8 Å². The number of hydrogen-bond acceptors (Lipinski definition) is 3. The number of carbonyl (C=O) groups is 2. The molecule has 1 saturated heterocycles. The van der Waals surface area contributed by atoms with E-state index in [1.807, 2.05) is 53.4 Å². The molecule has 0 saturated carbocycles. The summed E-state index contributed by atoms with van der Waals surface area (Å²) in [4.78, 5) is 27.2. The van der Waals surface area contributed by atoms with Crippen LogP contribution >= 0.6 is 11.8 Å². The van der Waals surface area contributed by atoms with Crippen LogP contribution in [0.3, 0.4) is 0 Å². The van der Waals surface area contributed by atoms with Crippen molar-refractivity contribution in [1.29, 1.82) is 0 Å². The van der Waals surface area contributed by atoms with Crippen molar-refractivity contribution >= 4 is 23.6 Å². The van der Waals surface area contributed by atoms with Crippen molar-refractivity contribution in [3.05, 3.63) is 66.2 Å². The minimum Gasteiger partial charge on any atom is -0.350 e. The van der Waals surface area contributed by atoms with E-state index in [-0.39, 0.29) is 17.9 Å². The Labute approximate surface area is 152 Å². The summed E-state index contributed by atoms with van der Waals surface area (Å²) >= 11 is 1.51. The first-order valence-corrected chi connectivity index (χ1v) is 9.48. The van der Waals surface area contributed by atoms with Crippen LogP contribution in [0, 0.1) is 0 Å². The van der Waals surface area contributed by atoms with Crippen molar-refractivity contribution in [2.45, 2.75) is 23.8 Å². The highest BCUT2D eigenvalue weighted by atomic mass is 32.2. The van der Waals surface area contributed by atoms with Crippen molar-refractivity contribution in [1.82, 2.24) is 10.2 Å². The molecule has 5 heteroatoms. The average molecular weight is 354 g/mol. The predicted octanol–water partition coefficient (Wildman–Crippen LogP) is 2.74. The van der Waals surface area contributed by atoms with Gasteiger partial charge in [-0.2, -0.15) is 0 Å². The van der Waals surface area contributed by atoms with Gasteiger partial charge in [0.25, 0.3) is 0 Å². The first-order chi connectivity index (χ1) is 12.2. The summed E-state index contributed by atoms with van der Waals surface area (Å²) in [5.41, 5.74) is 1.22. The number of benzene rings is 2. The highest BCUT2D eigenvalue weighted by Crippen LogP contribution is 2.17. The number of nitrogens with zero attached hydrogens (tertiary/aromatic N) is 1. The van der Waals surface area contributed by atoms with E-state index in [1.165, 1.54) is 17.3 Å². The first-order valence-electron chi connectivity index (χ1n) is 8.49. The van der Waals surface area contributed by atoms with Crippen molar-refractivity contribution in [3.8, 4) is 0 Å². The Balaban J connectivity index is 1.41. The van der Waals surface area contributed by atoms with Gasteiger partial charge in [0.1, 0.15) is 0 Å². The van der Waals surface area contributed by atoms with Gasteiger partial charge in [0.05, 0.1) is 11.8 Å². The van der Waals surface area contributed by atoms with Gasteiger partial charge < -0.3 is 10.2 Å². The van der Waals surface area contributed by atoms with Crippen molar-refractivity contribution < 1.29 is 9.59 Å². The maximum absolute atomic E-state index is 12.1. The second-order valence-corrected chi connectivity index (χ2v) is 7.19. The van der Waals surface area contributed by atoms with E-state index >= 15 is 0 Å². The lowest BCUT2D eigenvalue weighted by Gasteiger charge is -2.17.